The molecule has 110 valence electrons. The molecule has 20 heavy (non-hydrogen) atoms. The monoisotopic (exact) mass is 279 g/mol. The third-order valence-corrected chi connectivity index (χ3v) is 3.00. The van der Waals surface area contributed by atoms with Crippen LogP contribution in [0.15, 0.2) is 18.2 Å². The summed E-state index contributed by atoms with van der Waals surface area (Å²) in [7, 11) is 0. The molecule has 0 heterocycles. The summed E-state index contributed by atoms with van der Waals surface area (Å²) in [5.74, 6) is 0.0604. The number of nitro groups is 1. The summed E-state index contributed by atoms with van der Waals surface area (Å²) in [5, 5.41) is 13.9. The van der Waals surface area contributed by atoms with Gasteiger partial charge in [0.05, 0.1) is 4.92 Å². The van der Waals surface area contributed by atoms with Crippen molar-refractivity contribution in [3.63, 3.8) is 0 Å². The van der Waals surface area contributed by atoms with Crippen molar-refractivity contribution >= 4 is 17.3 Å². The first-order valence-corrected chi connectivity index (χ1v) is 6.74. The first-order chi connectivity index (χ1) is 9.41. The molecule has 6 nitrogen and oxygen atoms in total. The van der Waals surface area contributed by atoms with Gasteiger partial charge in [-0.1, -0.05) is 26.7 Å². The Morgan fingerprint density at radius 2 is 2.10 bits per heavy atom. The Bertz CT molecular complexity index is 487. The molecule has 0 aliphatic heterocycles. The van der Waals surface area contributed by atoms with Crippen molar-refractivity contribution in [2.75, 3.05) is 11.9 Å². The molecule has 0 aliphatic rings. The summed E-state index contributed by atoms with van der Waals surface area (Å²) in [6, 6.07) is 4.10. The number of benzene rings is 1. The molecule has 0 saturated carbocycles. The van der Waals surface area contributed by atoms with Crippen molar-refractivity contribution in [2.24, 2.45) is 11.7 Å². The predicted molar refractivity (Wildman–Crippen MR) is 78.8 cm³/mol. The second kappa shape index (κ2) is 7.47. The van der Waals surface area contributed by atoms with Crippen LogP contribution in [0.3, 0.4) is 0 Å². The zero-order valence-electron chi connectivity index (χ0n) is 11.9. The molecule has 3 N–H and O–H groups in total. The maximum atomic E-state index is 11.1. The Labute approximate surface area is 118 Å². The Hall–Kier alpha value is -2.11. The van der Waals surface area contributed by atoms with Gasteiger partial charge in [-0.05, 0) is 24.5 Å². The Kier molecular flexibility index (Phi) is 5.96. The minimum absolute atomic E-state index is 0.0427. The largest absolute Gasteiger partial charge is 0.379 e. The second-order valence-electron chi connectivity index (χ2n) is 5.17. The lowest BCUT2D eigenvalue weighted by molar-refractivity contribution is -0.384. The smallest absolute Gasteiger partial charge is 0.292 e. The van der Waals surface area contributed by atoms with Gasteiger partial charge in [0.25, 0.3) is 5.69 Å². The number of rotatable bonds is 8. The maximum absolute atomic E-state index is 11.1. The molecule has 0 aliphatic carbocycles. The van der Waals surface area contributed by atoms with Gasteiger partial charge in [0.2, 0.25) is 5.91 Å². The average molecular weight is 279 g/mol. The van der Waals surface area contributed by atoms with Crippen molar-refractivity contribution in [1.29, 1.82) is 0 Å². The quantitative estimate of drug-likeness (QED) is 0.434. The number of carbonyl (C=O) groups is 1. The fourth-order valence-electron chi connectivity index (χ4n) is 1.89. The molecule has 0 radical (unpaired) electrons. The van der Waals surface area contributed by atoms with E-state index in [1.54, 1.807) is 0 Å². The van der Waals surface area contributed by atoms with Crippen LogP contribution in [-0.2, 0) is 0 Å². The molecule has 0 aromatic heterocycles. The second-order valence-corrected chi connectivity index (χ2v) is 5.17. The molecular weight excluding hydrogens is 258 g/mol. The summed E-state index contributed by atoms with van der Waals surface area (Å²) < 4.78 is 0. The number of unbranched alkanes of at least 4 members (excludes halogenated alkanes) is 1. The molecule has 1 amide bonds. The van der Waals surface area contributed by atoms with E-state index in [2.05, 4.69) is 19.2 Å². The summed E-state index contributed by atoms with van der Waals surface area (Å²) in [6.45, 7) is 4.96. The topological polar surface area (TPSA) is 98.3 Å². The molecule has 0 fully saturated rings. The van der Waals surface area contributed by atoms with Crippen LogP contribution in [0.2, 0.25) is 0 Å². The van der Waals surface area contributed by atoms with E-state index in [1.807, 2.05) is 0 Å². The first kappa shape index (κ1) is 15.9. The number of amides is 1. The van der Waals surface area contributed by atoms with E-state index >= 15 is 0 Å². The van der Waals surface area contributed by atoms with Gasteiger partial charge < -0.3 is 11.1 Å². The van der Waals surface area contributed by atoms with E-state index in [9.17, 15) is 14.9 Å². The van der Waals surface area contributed by atoms with E-state index in [-0.39, 0.29) is 11.3 Å². The third-order valence-electron chi connectivity index (χ3n) is 3.00. The fraction of sp³-hybridized carbons (Fsp3) is 0.500. The molecule has 0 spiro atoms. The number of carbonyl (C=O) groups excluding carboxylic acids is 1. The highest BCUT2D eigenvalue weighted by Gasteiger charge is 2.15. The standard InChI is InChI=1S/C14H21N3O3/c1-10(2)5-3-4-8-16-12-9-11(14(15)18)6-7-13(12)17(19)20/h6-7,9-10,16H,3-5,8H2,1-2H3,(H2,15,18). The minimum Gasteiger partial charge on any atom is -0.379 e. The zero-order chi connectivity index (χ0) is 15.1. The number of nitrogens with two attached hydrogens (primary N) is 1. The normalized spacial score (nSPS) is 10.6. The number of nitro benzene ring substituents is 1. The average Bonchev–Trinajstić information content (AvgIpc) is 2.37. The van der Waals surface area contributed by atoms with Crippen molar-refractivity contribution in [3.8, 4) is 0 Å². The van der Waals surface area contributed by atoms with Crippen LogP contribution in [0.1, 0.15) is 43.5 Å². The SMILES string of the molecule is CC(C)CCCCNc1cc(C(N)=O)ccc1[N+](=O)[O-]. The highest BCUT2D eigenvalue weighted by Crippen LogP contribution is 2.25. The lowest BCUT2D eigenvalue weighted by Crippen LogP contribution is -2.12. The van der Waals surface area contributed by atoms with Crippen molar-refractivity contribution < 1.29 is 9.72 Å². The van der Waals surface area contributed by atoms with E-state index < -0.39 is 10.8 Å². The zero-order valence-corrected chi connectivity index (χ0v) is 11.9. The first-order valence-electron chi connectivity index (χ1n) is 6.74. The molecular formula is C14H21N3O3. The van der Waals surface area contributed by atoms with Crippen LogP contribution < -0.4 is 11.1 Å². The van der Waals surface area contributed by atoms with Crippen LogP contribution in [0, 0.1) is 16.0 Å². The number of hydrogen-bond donors (Lipinski definition) is 2. The molecule has 1 aromatic carbocycles. The lowest BCUT2D eigenvalue weighted by atomic mass is 10.1. The van der Waals surface area contributed by atoms with Crippen LogP contribution in [0.25, 0.3) is 0 Å². The van der Waals surface area contributed by atoms with Crippen LogP contribution in [0.5, 0.6) is 0 Å². The summed E-state index contributed by atoms with van der Waals surface area (Å²) >= 11 is 0. The third kappa shape index (κ3) is 4.87. The number of primary amides is 1. The number of nitrogens with zero attached hydrogens (tertiary/aromatic N) is 1. The van der Waals surface area contributed by atoms with E-state index in [0.717, 1.165) is 19.3 Å². The summed E-state index contributed by atoms with van der Waals surface area (Å²) in [6.07, 6.45) is 3.12. The van der Waals surface area contributed by atoms with Gasteiger partial charge in [0, 0.05) is 18.2 Å². The molecule has 0 bridgehead atoms. The Morgan fingerprint density at radius 1 is 1.40 bits per heavy atom. The Morgan fingerprint density at radius 3 is 2.65 bits per heavy atom. The van der Waals surface area contributed by atoms with Gasteiger partial charge in [-0.3, -0.25) is 14.9 Å². The lowest BCUT2D eigenvalue weighted by Gasteiger charge is -2.09. The van der Waals surface area contributed by atoms with Gasteiger partial charge in [0.1, 0.15) is 5.69 Å². The molecule has 0 atom stereocenters. The van der Waals surface area contributed by atoms with Gasteiger partial charge in [-0.25, -0.2) is 0 Å². The minimum atomic E-state index is -0.595. The van der Waals surface area contributed by atoms with Gasteiger partial charge in [0.15, 0.2) is 0 Å². The van der Waals surface area contributed by atoms with Crippen LogP contribution >= 0.6 is 0 Å². The van der Waals surface area contributed by atoms with Crippen LogP contribution in [0.4, 0.5) is 11.4 Å². The molecule has 0 saturated heterocycles. The van der Waals surface area contributed by atoms with E-state index in [4.69, 9.17) is 5.73 Å². The van der Waals surface area contributed by atoms with Crippen molar-refractivity contribution in [2.45, 2.75) is 33.1 Å². The van der Waals surface area contributed by atoms with Crippen molar-refractivity contribution in [1.82, 2.24) is 0 Å². The number of hydrogen-bond acceptors (Lipinski definition) is 4. The Balaban J connectivity index is 2.68. The highest BCUT2D eigenvalue weighted by molar-refractivity contribution is 5.94. The van der Waals surface area contributed by atoms with Gasteiger partial charge in [-0.15, -0.1) is 0 Å². The summed E-state index contributed by atoms with van der Waals surface area (Å²) in [4.78, 5) is 21.6. The molecule has 1 aromatic rings. The van der Waals surface area contributed by atoms with E-state index in [1.165, 1.54) is 18.2 Å². The molecule has 0 unspecified atom stereocenters. The molecule has 6 heteroatoms. The maximum Gasteiger partial charge on any atom is 0.292 e. The number of nitrogens with one attached hydrogen (secondary N) is 1. The van der Waals surface area contributed by atoms with Gasteiger partial charge in [-0.2, -0.15) is 0 Å². The van der Waals surface area contributed by atoms with Crippen molar-refractivity contribution in [3.05, 3.63) is 33.9 Å². The predicted octanol–water partition coefficient (Wildman–Crippen LogP) is 2.93. The molecule has 1 rings (SSSR count). The van der Waals surface area contributed by atoms with Gasteiger partial charge >= 0.3 is 0 Å². The van der Waals surface area contributed by atoms with Crippen LogP contribution in [-0.4, -0.2) is 17.4 Å². The van der Waals surface area contributed by atoms with E-state index in [0.29, 0.717) is 18.2 Å². The number of anilines is 1. The fourth-order valence-corrected chi connectivity index (χ4v) is 1.89. The summed E-state index contributed by atoms with van der Waals surface area (Å²) in [5.41, 5.74) is 5.75. The highest BCUT2D eigenvalue weighted by atomic mass is 16.6.